The van der Waals surface area contributed by atoms with Gasteiger partial charge in [-0.3, -0.25) is 4.68 Å². The number of hydrogen-bond donors (Lipinski definition) is 1. The lowest BCUT2D eigenvalue weighted by Gasteiger charge is -2.08. The Labute approximate surface area is 118 Å². The van der Waals surface area contributed by atoms with E-state index in [1.807, 2.05) is 14.0 Å². The molecule has 2 rings (SSSR count). The minimum absolute atomic E-state index is 0.325. The topological polar surface area (TPSA) is 29.9 Å². The van der Waals surface area contributed by atoms with Crippen molar-refractivity contribution in [1.82, 2.24) is 9.78 Å². The number of aromatic nitrogens is 2. The number of anilines is 1. The van der Waals surface area contributed by atoms with Crippen LogP contribution in [0, 0.1) is 12.7 Å². The van der Waals surface area contributed by atoms with Gasteiger partial charge < -0.3 is 5.32 Å². The van der Waals surface area contributed by atoms with Crippen LogP contribution in [-0.2, 0) is 13.6 Å². The molecule has 0 aliphatic heterocycles. The van der Waals surface area contributed by atoms with Crippen LogP contribution in [0.3, 0.4) is 0 Å². The average molecular weight is 333 g/mol. The van der Waals surface area contributed by atoms with Gasteiger partial charge in [0.2, 0.25) is 0 Å². The third-order valence-electron chi connectivity index (χ3n) is 2.64. The van der Waals surface area contributed by atoms with Gasteiger partial charge in [0.25, 0.3) is 0 Å². The second kappa shape index (κ2) is 5.28. The van der Waals surface area contributed by atoms with E-state index in [0.717, 1.165) is 15.9 Å². The molecule has 0 saturated heterocycles. The number of aryl methyl sites for hydroxylation is 2. The van der Waals surface area contributed by atoms with Gasteiger partial charge in [0.1, 0.15) is 5.82 Å². The van der Waals surface area contributed by atoms with E-state index < -0.39 is 0 Å². The minimum Gasteiger partial charge on any atom is -0.377 e. The van der Waals surface area contributed by atoms with E-state index in [-0.39, 0.29) is 5.82 Å². The summed E-state index contributed by atoms with van der Waals surface area (Å²) in [6, 6.07) is 4.43. The van der Waals surface area contributed by atoms with Crippen molar-refractivity contribution in [2.24, 2.45) is 7.05 Å². The fourth-order valence-electron chi connectivity index (χ4n) is 1.68. The molecule has 0 amide bonds. The Morgan fingerprint density at radius 2 is 2.22 bits per heavy atom. The van der Waals surface area contributed by atoms with Gasteiger partial charge in [0, 0.05) is 12.1 Å². The molecule has 0 saturated carbocycles. The van der Waals surface area contributed by atoms with Gasteiger partial charge in [-0.1, -0.05) is 11.6 Å². The van der Waals surface area contributed by atoms with E-state index in [1.165, 1.54) is 12.1 Å². The van der Waals surface area contributed by atoms with Crippen molar-refractivity contribution >= 4 is 33.2 Å². The van der Waals surface area contributed by atoms with Gasteiger partial charge >= 0.3 is 0 Å². The Bertz CT molecular complexity index is 583. The first-order valence-corrected chi connectivity index (χ1v) is 6.53. The summed E-state index contributed by atoms with van der Waals surface area (Å²) in [7, 11) is 1.85. The lowest BCUT2D eigenvalue weighted by Crippen LogP contribution is -2.07. The molecule has 0 bridgehead atoms. The normalized spacial score (nSPS) is 10.7. The summed E-state index contributed by atoms with van der Waals surface area (Å²) in [6.07, 6.45) is 0. The van der Waals surface area contributed by atoms with Crippen molar-refractivity contribution in [2.45, 2.75) is 13.5 Å². The van der Waals surface area contributed by atoms with Crippen molar-refractivity contribution in [3.8, 4) is 0 Å². The maximum Gasteiger partial charge on any atom is 0.146 e. The lowest BCUT2D eigenvalue weighted by molar-refractivity contribution is 0.629. The molecule has 2 aromatic rings. The first kappa shape index (κ1) is 13.4. The van der Waals surface area contributed by atoms with E-state index >= 15 is 0 Å². The van der Waals surface area contributed by atoms with Crippen molar-refractivity contribution in [1.29, 1.82) is 0 Å². The molecular formula is C12H12BrClFN3. The second-order valence-electron chi connectivity index (χ2n) is 3.95. The molecule has 1 aromatic carbocycles. The molecule has 3 nitrogen and oxygen atoms in total. The molecule has 6 heteroatoms. The van der Waals surface area contributed by atoms with Crippen LogP contribution in [0.2, 0.25) is 5.02 Å². The highest BCUT2D eigenvalue weighted by molar-refractivity contribution is 9.10. The van der Waals surface area contributed by atoms with Gasteiger partial charge in [-0.15, -0.1) is 0 Å². The van der Waals surface area contributed by atoms with Gasteiger partial charge in [0.05, 0.1) is 28.1 Å². The Morgan fingerprint density at radius 3 is 2.83 bits per heavy atom. The van der Waals surface area contributed by atoms with Crippen LogP contribution in [0.4, 0.5) is 10.1 Å². The molecule has 1 N–H and O–H groups in total. The van der Waals surface area contributed by atoms with Gasteiger partial charge in [-0.25, -0.2) is 4.39 Å². The average Bonchev–Trinajstić information content (AvgIpc) is 2.55. The van der Waals surface area contributed by atoms with Crippen molar-refractivity contribution in [3.05, 3.63) is 44.9 Å². The van der Waals surface area contributed by atoms with Crippen LogP contribution < -0.4 is 5.32 Å². The van der Waals surface area contributed by atoms with Crippen LogP contribution in [0.15, 0.2) is 22.7 Å². The smallest absolute Gasteiger partial charge is 0.146 e. The Hall–Kier alpha value is -1.07. The zero-order valence-corrected chi connectivity index (χ0v) is 12.3. The molecule has 0 unspecified atom stereocenters. The van der Waals surface area contributed by atoms with E-state index in [0.29, 0.717) is 17.3 Å². The van der Waals surface area contributed by atoms with Crippen LogP contribution in [-0.4, -0.2) is 9.78 Å². The highest BCUT2D eigenvalue weighted by Crippen LogP contribution is 2.23. The molecule has 0 radical (unpaired) electrons. The van der Waals surface area contributed by atoms with Crippen molar-refractivity contribution in [3.63, 3.8) is 0 Å². The predicted octanol–water partition coefficient (Wildman–Crippen LogP) is 3.90. The molecule has 1 heterocycles. The number of rotatable bonds is 3. The number of halogens is 3. The highest BCUT2D eigenvalue weighted by atomic mass is 79.9. The second-order valence-corrected chi connectivity index (χ2v) is 5.18. The maximum absolute atomic E-state index is 13.5. The maximum atomic E-state index is 13.5. The largest absolute Gasteiger partial charge is 0.377 e. The first-order valence-electron chi connectivity index (χ1n) is 5.36. The van der Waals surface area contributed by atoms with Crippen molar-refractivity contribution < 1.29 is 4.39 Å². The summed E-state index contributed by atoms with van der Waals surface area (Å²) in [4.78, 5) is 0. The standard InChI is InChI=1S/C12H12BrClFN3/c1-7-12(13)11(18(2)17-7)6-16-10-5-8(14)3-4-9(10)15/h3-5,16H,6H2,1-2H3. The fourth-order valence-corrected chi connectivity index (χ4v) is 2.33. The van der Waals surface area contributed by atoms with Crippen LogP contribution in [0.1, 0.15) is 11.4 Å². The summed E-state index contributed by atoms with van der Waals surface area (Å²) in [5, 5.41) is 7.79. The summed E-state index contributed by atoms with van der Waals surface area (Å²) in [5.74, 6) is -0.325. The van der Waals surface area contributed by atoms with Crippen molar-refractivity contribution in [2.75, 3.05) is 5.32 Å². The van der Waals surface area contributed by atoms with Gasteiger partial charge in [-0.05, 0) is 41.1 Å². The lowest BCUT2D eigenvalue weighted by atomic mass is 10.3. The molecule has 18 heavy (non-hydrogen) atoms. The highest BCUT2D eigenvalue weighted by Gasteiger charge is 2.11. The molecule has 96 valence electrons. The van der Waals surface area contributed by atoms with E-state index in [2.05, 4.69) is 26.3 Å². The molecule has 0 fully saturated rings. The predicted molar refractivity (Wildman–Crippen MR) is 74.4 cm³/mol. The molecule has 0 spiro atoms. The SMILES string of the molecule is Cc1nn(C)c(CNc2cc(Cl)ccc2F)c1Br. The molecule has 1 aromatic heterocycles. The quantitative estimate of drug-likeness (QED) is 0.924. The van der Waals surface area contributed by atoms with E-state index in [1.54, 1.807) is 10.7 Å². The zero-order valence-electron chi connectivity index (χ0n) is 9.97. The summed E-state index contributed by atoms with van der Waals surface area (Å²) < 4.78 is 16.2. The Kier molecular flexibility index (Phi) is 3.92. The van der Waals surface area contributed by atoms with Crippen LogP contribution in [0.5, 0.6) is 0 Å². The summed E-state index contributed by atoms with van der Waals surface area (Å²) in [5.41, 5.74) is 2.24. The number of benzene rings is 1. The third kappa shape index (κ3) is 2.67. The Balaban J connectivity index is 2.19. The summed E-state index contributed by atoms with van der Waals surface area (Å²) in [6.45, 7) is 2.38. The molecule has 0 aliphatic rings. The number of hydrogen-bond acceptors (Lipinski definition) is 2. The minimum atomic E-state index is -0.325. The molecule has 0 aliphatic carbocycles. The fraction of sp³-hybridized carbons (Fsp3) is 0.250. The summed E-state index contributed by atoms with van der Waals surface area (Å²) >= 11 is 9.30. The number of nitrogens with zero attached hydrogens (tertiary/aromatic N) is 2. The van der Waals surface area contributed by atoms with Gasteiger partial charge in [-0.2, -0.15) is 5.10 Å². The van der Waals surface area contributed by atoms with E-state index in [4.69, 9.17) is 11.6 Å². The Morgan fingerprint density at radius 1 is 1.50 bits per heavy atom. The zero-order chi connectivity index (χ0) is 13.3. The third-order valence-corrected chi connectivity index (χ3v) is 3.90. The monoisotopic (exact) mass is 331 g/mol. The van der Waals surface area contributed by atoms with Crippen LogP contribution >= 0.6 is 27.5 Å². The van der Waals surface area contributed by atoms with Crippen LogP contribution in [0.25, 0.3) is 0 Å². The van der Waals surface area contributed by atoms with E-state index in [9.17, 15) is 4.39 Å². The van der Waals surface area contributed by atoms with Gasteiger partial charge in [0.15, 0.2) is 0 Å². The first-order chi connectivity index (χ1) is 8.49. The molecule has 0 atom stereocenters. The molecular weight excluding hydrogens is 321 g/mol. The number of nitrogens with one attached hydrogen (secondary N) is 1.